The zero-order valence-electron chi connectivity index (χ0n) is 9.09. The van der Waals surface area contributed by atoms with E-state index in [1.807, 2.05) is 30.3 Å². The smallest absolute Gasteiger partial charge is 0.168 e. The van der Waals surface area contributed by atoms with Crippen molar-refractivity contribution >= 4 is 6.29 Å². The lowest BCUT2D eigenvalue weighted by Crippen LogP contribution is -2.02. The fourth-order valence-electron chi connectivity index (χ4n) is 1.89. The molecule has 0 bridgehead atoms. The van der Waals surface area contributed by atoms with E-state index in [1.54, 1.807) is 0 Å². The standard InChI is InChI=1S/C13H10N2O2/c16-6-11-10-7-17-8-12(10)15-13(14-11)9-4-2-1-3-5-9/h1-6H,7-8H2. The molecule has 17 heavy (non-hydrogen) atoms. The molecule has 84 valence electrons. The fourth-order valence-corrected chi connectivity index (χ4v) is 1.89. The maximum absolute atomic E-state index is 11.0. The number of carbonyl (C=O) groups is 1. The number of benzene rings is 1. The number of hydrogen-bond acceptors (Lipinski definition) is 4. The SMILES string of the molecule is O=Cc1nc(-c2ccccc2)nc2c1COC2. The van der Waals surface area contributed by atoms with Gasteiger partial charge in [-0.2, -0.15) is 0 Å². The van der Waals surface area contributed by atoms with E-state index in [0.717, 1.165) is 23.1 Å². The van der Waals surface area contributed by atoms with Crippen LogP contribution in [0.15, 0.2) is 30.3 Å². The molecule has 4 nitrogen and oxygen atoms in total. The van der Waals surface area contributed by atoms with Gasteiger partial charge in [0.15, 0.2) is 12.1 Å². The van der Waals surface area contributed by atoms with Gasteiger partial charge in [0.05, 0.1) is 18.9 Å². The van der Waals surface area contributed by atoms with Gasteiger partial charge in [-0.3, -0.25) is 4.79 Å². The molecule has 2 heterocycles. The second-order valence-electron chi connectivity index (χ2n) is 3.83. The molecule has 1 aliphatic rings. The van der Waals surface area contributed by atoms with Crippen molar-refractivity contribution in [2.45, 2.75) is 13.2 Å². The molecule has 0 spiro atoms. The van der Waals surface area contributed by atoms with E-state index >= 15 is 0 Å². The van der Waals surface area contributed by atoms with Gasteiger partial charge < -0.3 is 4.74 Å². The van der Waals surface area contributed by atoms with Gasteiger partial charge in [-0.05, 0) is 0 Å². The Bertz CT molecular complexity index is 567. The van der Waals surface area contributed by atoms with Crippen LogP contribution in [0.1, 0.15) is 21.7 Å². The Morgan fingerprint density at radius 3 is 2.71 bits per heavy atom. The summed E-state index contributed by atoms with van der Waals surface area (Å²) in [5.74, 6) is 0.581. The number of ether oxygens (including phenoxy) is 1. The number of nitrogens with zero attached hydrogens (tertiary/aromatic N) is 2. The van der Waals surface area contributed by atoms with Crippen molar-refractivity contribution < 1.29 is 9.53 Å². The van der Waals surface area contributed by atoms with Gasteiger partial charge >= 0.3 is 0 Å². The molecule has 1 aliphatic heterocycles. The Morgan fingerprint density at radius 1 is 1.12 bits per heavy atom. The first-order valence-electron chi connectivity index (χ1n) is 5.36. The Balaban J connectivity index is 2.16. The third-order valence-electron chi connectivity index (χ3n) is 2.75. The number of aromatic nitrogens is 2. The van der Waals surface area contributed by atoms with Crippen LogP contribution in [0, 0.1) is 0 Å². The monoisotopic (exact) mass is 226 g/mol. The molecular formula is C13H10N2O2. The van der Waals surface area contributed by atoms with Crippen LogP contribution in [-0.4, -0.2) is 16.3 Å². The van der Waals surface area contributed by atoms with Crippen LogP contribution in [-0.2, 0) is 18.0 Å². The topological polar surface area (TPSA) is 52.1 Å². The maximum Gasteiger partial charge on any atom is 0.168 e. The third-order valence-corrected chi connectivity index (χ3v) is 2.75. The summed E-state index contributed by atoms with van der Waals surface area (Å²) in [4.78, 5) is 19.7. The summed E-state index contributed by atoms with van der Waals surface area (Å²) in [6.45, 7) is 0.886. The molecule has 2 aromatic rings. The second-order valence-corrected chi connectivity index (χ2v) is 3.83. The van der Waals surface area contributed by atoms with E-state index in [2.05, 4.69) is 9.97 Å². The van der Waals surface area contributed by atoms with E-state index in [1.165, 1.54) is 0 Å². The average molecular weight is 226 g/mol. The van der Waals surface area contributed by atoms with Crippen molar-refractivity contribution in [3.8, 4) is 11.4 Å². The molecule has 0 radical (unpaired) electrons. The molecule has 0 N–H and O–H groups in total. The zero-order valence-corrected chi connectivity index (χ0v) is 9.09. The number of fused-ring (bicyclic) bond motifs is 1. The molecule has 0 saturated heterocycles. The zero-order chi connectivity index (χ0) is 11.7. The molecule has 3 rings (SSSR count). The van der Waals surface area contributed by atoms with Gasteiger partial charge in [-0.1, -0.05) is 30.3 Å². The minimum Gasteiger partial charge on any atom is -0.370 e. The molecule has 0 aliphatic carbocycles. The molecule has 1 aromatic heterocycles. The first-order valence-corrected chi connectivity index (χ1v) is 5.36. The first kappa shape index (κ1) is 10.1. The summed E-state index contributed by atoms with van der Waals surface area (Å²) in [5.41, 5.74) is 2.98. The van der Waals surface area contributed by atoms with Crippen LogP contribution < -0.4 is 0 Å². The predicted molar refractivity (Wildman–Crippen MR) is 61.3 cm³/mol. The summed E-state index contributed by atoms with van der Waals surface area (Å²) in [5, 5.41) is 0. The van der Waals surface area contributed by atoms with E-state index in [-0.39, 0.29) is 0 Å². The summed E-state index contributed by atoms with van der Waals surface area (Å²) in [6, 6.07) is 9.62. The molecule has 0 amide bonds. The highest BCUT2D eigenvalue weighted by molar-refractivity contribution is 5.76. The molecule has 4 heteroatoms. The van der Waals surface area contributed by atoms with Crippen LogP contribution in [0.2, 0.25) is 0 Å². The van der Waals surface area contributed by atoms with E-state index in [0.29, 0.717) is 24.7 Å². The van der Waals surface area contributed by atoms with Gasteiger partial charge in [0.2, 0.25) is 0 Å². The maximum atomic E-state index is 11.0. The highest BCUT2D eigenvalue weighted by atomic mass is 16.5. The fraction of sp³-hybridized carbons (Fsp3) is 0.154. The third kappa shape index (κ3) is 1.72. The summed E-state index contributed by atoms with van der Waals surface area (Å²) < 4.78 is 5.29. The molecular weight excluding hydrogens is 216 g/mol. The average Bonchev–Trinajstić information content (AvgIpc) is 2.86. The van der Waals surface area contributed by atoms with Crippen LogP contribution in [0.3, 0.4) is 0 Å². The van der Waals surface area contributed by atoms with Gasteiger partial charge in [-0.25, -0.2) is 9.97 Å². The second kappa shape index (κ2) is 4.07. The van der Waals surface area contributed by atoms with Gasteiger partial charge in [0.25, 0.3) is 0 Å². The Morgan fingerprint density at radius 2 is 1.94 bits per heavy atom. The lowest BCUT2D eigenvalue weighted by atomic mass is 10.1. The van der Waals surface area contributed by atoms with Crippen LogP contribution in [0.5, 0.6) is 0 Å². The van der Waals surface area contributed by atoms with Gasteiger partial charge in [-0.15, -0.1) is 0 Å². The van der Waals surface area contributed by atoms with Crippen LogP contribution in [0.25, 0.3) is 11.4 Å². The highest BCUT2D eigenvalue weighted by Gasteiger charge is 2.19. The van der Waals surface area contributed by atoms with Crippen molar-refractivity contribution in [2.75, 3.05) is 0 Å². The minimum absolute atomic E-state index is 0.429. The number of hydrogen-bond donors (Lipinski definition) is 0. The van der Waals surface area contributed by atoms with Crippen molar-refractivity contribution in [2.24, 2.45) is 0 Å². The molecule has 0 unspecified atom stereocenters. The predicted octanol–water partition coefficient (Wildman–Crippen LogP) is 1.99. The molecule has 0 atom stereocenters. The molecule has 0 saturated carbocycles. The number of carbonyl (C=O) groups excluding carboxylic acids is 1. The number of rotatable bonds is 2. The first-order chi connectivity index (χ1) is 8.38. The van der Waals surface area contributed by atoms with E-state index < -0.39 is 0 Å². The Labute approximate surface area is 98.3 Å². The normalized spacial score (nSPS) is 13.4. The summed E-state index contributed by atoms with van der Waals surface area (Å²) in [6.07, 6.45) is 0.766. The lowest BCUT2D eigenvalue weighted by molar-refractivity contribution is 0.111. The van der Waals surface area contributed by atoms with Crippen molar-refractivity contribution in [3.05, 3.63) is 47.3 Å². The van der Waals surface area contributed by atoms with Crippen LogP contribution >= 0.6 is 0 Å². The quantitative estimate of drug-likeness (QED) is 0.735. The summed E-state index contributed by atoms with van der Waals surface area (Å²) >= 11 is 0. The van der Waals surface area contributed by atoms with E-state index in [4.69, 9.17) is 4.74 Å². The van der Waals surface area contributed by atoms with Crippen LogP contribution in [0.4, 0.5) is 0 Å². The summed E-state index contributed by atoms with van der Waals surface area (Å²) in [7, 11) is 0. The van der Waals surface area contributed by atoms with Crippen molar-refractivity contribution in [3.63, 3.8) is 0 Å². The minimum atomic E-state index is 0.429. The lowest BCUT2D eigenvalue weighted by Gasteiger charge is -2.04. The van der Waals surface area contributed by atoms with Crippen molar-refractivity contribution in [1.29, 1.82) is 0 Å². The van der Waals surface area contributed by atoms with Gasteiger partial charge in [0.1, 0.15) is 5.69 Å². The van der Waals surface area contributed by atoms with E-state index in [9.17, 15) is 4.79 Å². The van der Waals surface area contributed by atoms with Gasteiger partial charge in [0, 0.05) is 11.1 Å². The Kier molecular flexibility index (Phi) is 2.42. The largest absolute Gasteiger partial charge is 0.370 e. The highest BCUT2D eigenvalue weighted by Crippen LogP contribution is 2.23. The van der Waals surface area contributed by atoms with Crippen molar-refractivity contribution in [1.82, 2.24) is 9.97 Å². The molecule has 0 fully saturated rings. The Hall–Kier alpha value is -2.07. The number of aldehydes is 1. The molecule has 1 aromatic carbocycles.